The van der Waals surface area contributed by atoms with Crippen molar-refractivity contribution in [2.45, 2.75) is 17.7 Å². The maximum absolute atomic E-state index is 13.3. The number of rotatable bonds is 6. The molecule has 2 heterocycles. The Kier molecular flexibility index (Phi) is 6.57. The average molecular weight is 460 g/mol. The summed E-state index contributed by atoms with van der Waals surface area (Å²) in [6, 6.07) is 12.4. The molecule has 0 radical (unpaired) electrons. The smallest absolute Gasteiger partial charge is 0.257 e. The van der Waals surface area contributed by atoms with E-state index in [9.17, 15) is 13.2 Å². The van der Waals surface area contributed by atoms with Crippen LogP contribution in [0.25, 0.3) is 0 Å². The predicted molar refractivity (Wildman–Crippen MR) is 122 cm³/mol. The van der Waals surface area contributed by atoms with Gasteiger partial charge in [-0.1, -0.05) is 0 Å². The number of benzene rings is 2. The fourth-order valence-electron chi connectivity index (χ4n) is 4.22. The van der Waals surface area contributed by atoms with Gasteiger partial charge in [-0.3, -0.25) is 4.79 Å². The largest absolute Gasteiger partial charge is 0.497 e. The van der Waals surface area contributed by atoms with E-state index in [2.05, 4.69) is 4.90 Å². The van der Waals surface area contributed by atoms with Gasteiger partial charge in [0.05, 0.1) is 24.7 Å². The molecule has 8 nitrogen and oxygen atoms in total. The quantitative estimate of drug-likeness (QED) is 0.660. The van der Waals surface area contributed by atoms with Crippen molar-refractivity contribution in [3.05, 3.63) is 48.0 Å². The van der Waals surface area contributed by atoms with Gasteiger partial charge < -0.3 is 19.3 Å². The van der Waals surface area contributed by atoms with Crippen molar-refractivity contribution in [1.82, 2.24) is 9.21 Å². The van der Waals surface area contributed by atoms with Crippen molar-refractivity contribution in [2.75, 3.05) is 58.4 Å². The van der Waals surface area contributed by atoms with Crippen LogP contribution < -0.4 is 14.4 Å². The zero-order chi connectivity index (χ0) is 22.7. The Labute approximate surface area is 189 Å². The summed E-state index contributed by atoms with van der Waals surface area (Å²) in [5, 5.41) is 0. The Morgan fingerprint density at radius 1 is 0.844 bits per heavy atom. The molecule has 1 amide bonds. The van der Waals surface area contributed by atoms with Crippen molar-refractivity contribution in [3.63, 3.8) is 0 Å². The molecule has 0 N–H and O–H groups in total. The molecule has 0 aliphatic carbocycles. The van der Waals surface area contributed by atoms with Crippen molar-refractivity contribution in [3.8, 4) is 11.5 Å². The van der Waals surface area contributed by atoms with Crippen LogP contribution in [0.1, 0.15) is 23.2 Å². The summed E-state index contributed by atoms with van der Waals surface area (Å²) in [6.45, 7) is 3.49. The lowest BCUT2D eigenvalue weighted by atomic mass is 10.1. The molecule has 9 heteroatoms. The second-order valence-electron chi connectivity index (χ2n) is 7.95. The predicted octanol–water partition coefficient (Wildman–Crippen LogP) is 2.45. The molecule has 0 aromatic heterocycles. The Morgan fingerprint density at radius 3 is 2.09 bits per heavy atom. The molecule has 172 valence electrons. The van der Waals surface area contributed by atoms with E-state index in [4.69, 9.17) is 9.47 Å². The normalized spacial score (nSPS) is 17.4. The van der Waals surface area contributed by atoms with Crippen LogP contribution >= 0.6 is 0 Å². The van der Waals surface area contributed by atoms with Crippen molar-refractivity contribution in [1.29, 1.82) is 0 Å². The summed E-state index contributed by atoms with van der Waals surface area (Å²) in [7, 11) is -0.486. The van der Waals surface area contributed by atoms with Crippen LogP contribution in [0.15, 0.2) is 47.4 Å². The van der Waals surface area contributed by atoms with Crippen LogP contribution in [0.2, 0.25) is 0 Å². The second-order valence-corrected chi connectivity index (χ2v) is 9.89. The van der Waals surface area contributed by atoms with Gasteiger partial charge in [0, 0.05) is 45.0 Å². The Bertz CT molecular complexity index is 1060. The van der Waals surface area contributed by atoms with Crippen LogP contribution in [0.4, 0.5) is 5.69 Å². The number of hydrogen-bond acceptors (Lipinski definition) is 6. The summed E-state index contributed by atoms with van der Waals surface area (Å²) in [6.07, 6.45) is 1.72. The van der Waals surface area contributed by atoms with Crippen LogP contribution in [-0.2, 0) is 10.0 Å². The molecule has 0 spiro atoms. The monoisotopic (exact) mass is 459 g/mol. The number of carbonyl (C=O) groups is 1. The van der Waals surface area contributed by atoms with Gasteiger partial charge in [0.2, 0.25) is 10.0 Å². The van der Waals surface area contributed by atoms with Gasteiger partial charge in [0.1, 0.15) is 11.5 Å². The molecule has 32 heavy (non-hydrogen) atoms. The van der Waals surface area contributed by atoms with E-state index < -0.39 is 10.0 Å². The summed E-state index contributed by atoms with van der Waals surface area (Å²) < 4.78 is 38.0. The van der Waals surface area contributed by atoms with Crippen LogP contribution in [0.3, 0.4) is 0 Å². The van der Waals surface area contributed by atoms with E-state index in [1.807, 2.05) is 24.3 Å². The minimum absolute atomic E-state index is 0.139. The molecule has 0 atom stereocenters. The SMILES string of the molecule is COc1ccc(N2CCN(C(=O)c3cc(S(=O)(=O)N4CCCC4)ccc3OC)CC2)cc1. The molecule has 0 bridgehead atoms. The van der Waals surface area contributed by atoms with Gasteiger partial charge in [-0.05, 0) is 55.3 Å². The standard InChI is InChI=1S/C23H29N3O5S/c1-30-19-7-5-18(6-8-19)24-13-15-25(16-14-24)23(27)21-17-20(9-10-22(21)31-2)32(28,29)26-11-3-4-12-26/h5-10,17H,3-4,11-16H2,1-2H3. The topological polar surface area (TPSA) is 79.4 Å². The Balaban J connectivity index is 1.50. The summed E-state index contributed by atoms with van der Waals surface area (Å²) in [4.78, 5) is 17.4. The number of hydrogen-bond donors (Lipinski definition) is 0. The van der Waals surface area contributed by atoms with Gasteiger partial charge in [0.15, 0.2) is 0 Å². The third-order valence-corrected chi connectivity index (χ3v) is 8.00. The molecule has 0 unspecified atom stereocenters. The molecule has 2 aliphatic heterocycles. The fraction of sp³-hybridized carbons (Fsp3) is 0.435. The van der Waals surface area contributed by atoms with Crippen LogP contribution in [-0.4, -0.2) is 77.0 Å². The average Bonchev–Trinajstić information content (AvgIpc) is 3.39. The highest BCUT2D eigenvalue weighted by Crippen LogP contribution is 2.28. The third kappa shape index (κ3) is 4.40. The van der Waals surface area contributed by atoms with E-state index >= 15 is 0 Å². The van der Waals surface area contributed by atoms with E-state index in [0.29, 0.717) is 45.0 Å². The summed E-state index contributed by atoms with van der Waals surface area (Å²) in [5.74, 6) is 0.973. The maximum atomic E-state index is 13.3. The Morgan fingerprint density at radius 2 is 1.50 bits per heavy atom. The van der Waals surface area contributed by atoms with Crippen molar-refractivity contribution >= 4 is 21.6 Å². The van der Waals surface area contributed by atoms with Crippen molar-refractivity contribution < 1.29 is 22.7 Å². The minimum atomic E-state index is -3.61. The highest BCUT2D eigenvalue weighted by molar-refractivity contribution is 7.89. The number of ether oxygens (including phenoxy) is 2. The highest BCUT2D eigenvalue weighted by Gasteiger charge is 2.30. The summed E-state index contributed by atoms with van der Waals surface area (Å²) in [5.41, 5.74) is 1.36. The zero-order valence-corrected chi connectivity index (χ0v) is 19.3. The first-order valence-corrected chi connectivity index (χ1v) is 12.2. The number of carbonyl (C=O) groups excluding carboxylic acids is 1. The number of amides is 1. The number of anilines is 1. The van der Waals surface area contributed by atoms with E-state index in [-0.39, 0.29) is 16.4 Å². The Hall–Kier alpha value is -2.78. The molecule has 2 aliphatic rings. The maximum Gasteiger partial charge on any atom is 0.257 e. The van der Waals surface area contributed by atoms with Gasteiger partial charge in [-0.15, -0.1) is 0 Å². The fourth-order valence-corrected chi connectivity index (χ4v) is 5.77. The van der Waals surface area contributed by atoms with E-state index in [1.165, 1.54) is 23.5 Å². The highest BCUT2D eigenvalue weighted by atomic mass is 32.2. The van der Waals surface area contributed by atoms with E-state index in [0.717, 1.165) is 24.3 Å². The first kappa shape index (κ1) is 22.4. The van der Waals surface area contributed by atoms with Gasteiger partial charge in [0.25, 0.3) is 5.91 Å². The lowest BCUT2D eigenvalue weighted by Gasteiger charge is -2.36. The van der Waals surface area contributed by atoms with Crippen LogP contribution in [0, 0.1) is 0 Å². The van der Waals surface area contributed by atoms with Gasteiger partial charge in [-0.25, -0.2) is 8.42 Å². The third-order valence-electron chi connectivity index (χ3n) is 6.11. The number of sulfonamides is 1. The van der Waals surface area contributed by atoms with Crippen LogP contribution in [0.5, 0.6) is 11.5 Å². The molecule has 2 fully saturated rings. The van der Waals surface area contributed by atoms with Gasteiger partial charge in [-0.2, -0.15) is 4.31 Å². The summed E-state index contributed by atoms with van der Waals surface area (Å²) >= 11 is 0. The van der Waals surface area contributed by atoms with Gasteiger partial charge >= 0.3 is 0 Å². The molecular formula is C23H29N3O5S. The molecule has 2 aromatic rings. The molecule has 4 rings (SSSR count). The zero-order valence-electron chi connectivity index (χ0n) is 18.5. The van der Waals surface area contributed by atoms with Crippen molar-refractivity contribution in [2.24, 2.45) is 0 Å². The number of nitrogens with zero attached hydrogens (tertiary/aromatic N) is 3. The first-order valence-electron chi connectivity index (χ1n) is 10.8. The number of methoxy groups -OCH3 is 2. The second kappa shape index (κ2) is 9.38. The number of piperazine rings is 1. The first-order chi connectivity index (χ1) is 15.4. The lowest BCUT2D eigenvalue weighted by molar-refractivity contribution is 0.0743. The minimum Gasteiger partial charge on any atom is -0.497 e. The lowest BCUT2D eigenvalue weighted by Crippen LogP contribution is -2.48. The molecule has 2 saturated heterocycles. The van der Waals surface area contributed by atoms with E-state index in [1.54, 1.807) is 18.1 Å². The molecule has 2 aromatic carbocycles. The molecular weight excluding hydrogens is 430 g/mol. The molecule has 0 saturated carbocycles.